The first-order valence-corrected chi connectivity index (χ1v) is 10.6. The Labute approximate surface area is 188 Å². The normalized spacial score (nSPS) is 17.1. The Bertz CT molecular complexity index is 1280. The second kappa shape index (κ2) is 8.83. The van der Waals surface area contributed by atoms with E-state index in [-0.39, 0.29) is 18.1 Å². The zero-order valence-corrected chi connectivity index (χ0v) is 17.9. The summed E-state index contributed by atoms with van der Waals surface area (Å²) in [5.41, 5.74) is 1.82. The van der Waals surface area contributed by atoms with Crippen LogP contribution in [0.3, 0.4) is 0 Å². The molecule has 2 aromatic carbocycles. The van der Waals surface area contributed by atoms with E-state index in [4.69, 9.17) is 9.26 Å². The van der Waals surface area contributed by atoms with Crippen LogP contribution >= 0.6 is 0 Å². The average Bonchev–Trinajstić information content (AvgIpc) is 3.52. The van der Waals surface area contributed by atoms with Crippen molar-refractivity contribution in [2.24, 2.45) is 0 Å². The van der Waals surface area contributed by atoms with Crippen LogP contribution in [0.15, 0.2) is 59.1 Å². The molecule has 0 bridgehead atoms. The predicted molar refractivity (Wildman–Crippen MR) is 118 cm³/mol. The molecular formula is C23H22N6O4. The molecule has 1 fully saturated rings. The summed E-state index contributed by atoms with van der Waals surface area (Å²) < 4.78 is 11.1. The SMILES string of the molecule is CC(NC(=O)c1n[nH]c2ccccc12)C(=O)N1CCOC(c2noc(-c3ccccc3)n2)C1. The van der Waals surface area contributed by atoms with Gasteiger partial charge in [-0.15, -0.1) is 0 Å². The number of amides is 2. The van der Waals surface area contributed by atoms with Crippen molar-refractivity contribution in [2.45, 2.75) is 19.1 Å². The van der Waals surface area contributed by atoms with Crippen LogP contribution in [0.4, 0.5) is 0 Å². The smallest absolute Gasteiger partial charge is 0.273 e. The summed E-state index contributed by atoms with van der Waals surface area (Å²) in [4.78, 5) is 31.8. The second-order valence-electron chi connectivity index (χ2n) is 7.78. The molecule has 2 atom stereocenters. The third-order valence-corrected chi connectivity index (χ3v) is 5.53. The number of nitrogens with one attached hydrogen (secondary N) is 2. The molecule has 1 saturated heterocycles. The standard InChI is InChI=1S/C23H22N6O4/c1-14(24-21(30)19-16-9-5-6-10-17(16)26-27-19)23(31)29-11-12-32-18(13-29)20-25-22(33-28-20)15-7-3-2-4-8-15/h2-10,14,18H,11-13H2,1H3,(H,24,30)(H,26,27). The third-order valence-electron chi connectivity index (χ3n) is 5.53. The maximum absolute atomic E-state index is 13.0. The van der Waals surface area contributed by atoms with E-state index in [0.717, 1.165) is 11.1 Å². The van der Waals surface area contributed by atoms with Gasteiger partial charge in [0.2, 0.25) is 11.7 Å². The van der Waals surface area contributed by atoms with Crippen molar-refractivity contribution in [2.75, 3.05) is 19.7 Å². The van der Waals surface area contributed by atoms with Crippen LogP contribution in [0.1, 0.15) is 29.3 Å². The highest BCUT2D eigenvalue weighted by Crippen LogP contribution is 2.24. The molecule has 3 heterocycles. The first kappa shape index (κ1) is 20.8. The van der Waals surface area contributed by atoms with Gasteiger partial charge in [-0.05, 0) is 25.1 Å². The number of para-hydroxylation sites is 1. The summed E-state index contributed by atoms with van der Waals surface area (Å²) in [5.74, 6) is 0.141. The van der Waals surface area contributed by atoms with Crippen molar-refractivity contribution in [3.8, 4) is 11.5 Å². The summed E-state index contributed by atoms with van der Waals surface area (Å²) in [6, 6.07) is 16.0. The fraction of sp³-hybridized carbons (Fsp3) is 0.261. The lowest BCUT2D eigenvalue weighted by Crippen LogP contribution is -2.51. The number of carbonyl (C=O) groups is 2. The van der Waals surface area contributed by atoms with Gasteiger partial charge in [-0.3, -0.25) is 14.7 Å². The number of hydrogen-bond acceptors (Lipinski definition) is 7. The van der Waals surface area contributed by atoms with Crippen molar-refractivity contribution in [1.82, 2.24) is 30.6 Å². The molecule has 2 N–H and O–H groups in total. The number of aromatic amines is 1. The first-order chi connectivity index (χ1) is 16.1. The van der Waals surface area contributed by atoms with Crippen LogP contribution in [-0.4, -0.2) is 62.8 Å². The minimum absolute atomic E-state index is 0.219. The van der Waals surface area contributed by atoms with Crippen molar-refractivity contribution >= 4 is 22.7 Å². The molecular weight excluding hydrogens is 424 g/mol. The molecule has 4 aromatic rings. The van der Waals surface area contributed by atoms with Crippen molar-refractivity contribution in [1.29, 1.82) is 0 Å². The number of rotatable bonds is 5. The lowest BCUT2D eigenvalue weighted by Gasteiger charge is -2.33. The molecule has 0 saturated carbocycles. The number of nitrogens with zero attached hydrogens (tertiary/aromatic N) is 4. The summed E-state index contributed by atoms with van der Waals surface area (Å²) in [6.07, 6.45) is -0.512. The Morgan fingerprint density at radius 1 is 1.15 bits per heavy atom. The highest BCUT2D eigenvalue weighted by atomic mass is 16.5. The predicted octanol–water partition coefficient (Wildman–Crippen LogP) is 2.33. The highest BCUT2D eigenvalue weighted by molar-refractivity contribution is 6.05. The zero-order valence-electron chi connectivity index (χ0n) is 17.9. The minimum Gasteiger partial charge on any atom is -0.366 e. The molecule has 0 aliphatic carbocycles. The molecule has 33 heavy (non-hydrogen) atoms. The number of carbonyl (C=O) groups excluding carboxylic acids is 2. The van der Waals surface area contributed by atoms with Gasteiger partial charge < -0.3 is 19.5 Å². The quantitative estimate of drug-likeness (QED) is 0.482. The van der Waals surface area contributed by atoms with Crippen LogP contribution in [0, 0.1) is 0 Å². The molecule has 0 radical (unpaired) electrons. The van der Waals surface area contributed by atoms with E-state index >= 15 is 0 Å². The Morgan fingerprint density at radius 3 is 2.79 bits per heavy atom. The molecule has 2 amide bonds. The monoisotopic (exact) mass is 446 g/mol. The minimum atomic E-state index is -0.739. The molecule has 5 rings (SSSR count). The molecule has 1 aliphatic heterocycles. The van der Waals surface area contributed by atoms with Gasteiger partial charge in [-0.25, -0.2) is 0 Å². The molecule has 168 valence electrons. The van der Waals surface area contributed by atoms with E-state index in [0.29, 0.717) is 30.3 Å². The molecule has 2 aromatic heterocycles. The Balaban J connectivity index is 1.24. The molecule has 0 spiro atoms. The summed E-state index contributed by atoms with van der Waals surface area (Å²) in [7, 11) is 0. The van der Waals surface area contributed by atoms with Crippen molar-refractivity contribution in [3.05, 3.63) is 66.1 Å². The van der Waals surface area contributed by atoms with Gasteiger partial charge in [0, 0.05) is 17.5 Å². The van der Waals surface area contributed by atoms with Gasteiger partial charge in [0.1, 0.15) is 12.1 Å². The molecule has 10 heteroatoms. The third kappa shape index (κ3) is 4.20. The Kier molecular flexibility index (Phi) is 5.57. The Hall–Kier alpha value is -4.05. The largest absolute Gasteiger partial charge is 0.366 e. The van der Waals surface area contributed by atoms with Crippen LogP contribution in [0.2, 0.25) is 0 Å². The van der Waals surface area contributed by atoms with E-state index in [1.165, 1.54) is 0 Å². The number of benzene rings is 2. The van der Waals surface area contributed by atoms with Crippen molar-refractivity contribution < 1.29 is 18.8 Å². The van der Waals surface area contributed by atoms with Gasteiger partial charge in [0.05, 0.1) is 18.7 Å². The van der Waals surface area contributed by atoms with Crippen LogP contribution in [0.5, 0.6) is 0 Å². The molecule has 10 nitrogen and oxygen atoms in total. The number of fused-ring (bicyclic) bond motifs is 1. The second-order valence-corrected chi connectivity index (χ2v) is 7.78. The summed E-state index contributed by atoms with van der Waals surface area (Å²) in [6.45, 7) is 2.65. The van der Waals surface area contributed by atoms with Crippen LogP contribution < -0.4 is 5.32 Å². The summed E-state index contributed by atoms with van der Waals surface area (Å²) >= 11 is 0. The topological polar surface area (TPSA) is 126 Å². The molecule has 1 aliphatic rings. The van der Waals surface area contributed by atoms with Crippen LogP contribution in [0.25, 0.3) is 22.4 Å². The van der Waals surface area contributed by atoms with Gasteiger partial charge in [-0.2, -0.15) is 10.1 Å². The van der Waals surface area contributed by atoms with Gasteiger partial charge in [0.15, 0.2) is 5.69 Å². The fourth-order valence-electron chi connectivity index (χ4n) is 3.81. The average molecular weight is 446 g/mol. The Morgan fingerprint density at radius 2 is 1.94 bits per heavy atom. The molecule has 2 unspecified atom stereocenters. The van der Waals surface area contributed by atoms with E-state index in [9.17, 15) is 9.59 Å². The lowest BCUT2D eigenvalue weighted by atomic mass is 10.2. The first-order valence-electron chi connectivity index (χ1n) is 10.6. The fourth-order valence-corrected chi connectivity index (χ4v) is 3.81. The maximum atomic E-state index is 13.0. The van der Waals surface area contributed by atoms with Gasteiger partial charge >= 0.3 is 0 Å². The van der Waals surface area contributed by atoms with E-state index in [2.05, 4.69) is 25.7 Å². The number of hydrogen-bond donors (Lipinski definition) is 2. The highest BCUT2D eigenvalue weighted by Gasteiger charge is 2.32. The lowest BCUT2D eigenvalue weighted by molar-refractivity contribution is -0.141. The van der Waals surface area contributed by atoms with E-state index in [1.807, 2.05) is 48.5 Å². The van der Waals surface area contributed by atoms with E-state index < -0.39 is 18.1 Å². The van der Waals surface area contributed by atoms with E-state index in [1.54, 1.807) is 17.9 Å². The number of aromatic nitrogens is 4. The van der Waals surface area contributed by atoms with Crippen LogP contribution in [-0.2, 0) is 9.53 Å². The van der Waals surface area contributed by atoms with Crippen molar-refractivity contribution in [3.63, 3.8) is 0 Å². The maximum Gasteiger partial charge on any atom is 0.273 e. The summed E-state index contributed by atoms with van der Waals surface area (Å²) in [5, 5.41) is 14.4. The number of H-pyrrole nitrogens is 1. The van der Waals surface area contributed by atoms with Gasteiger partial charge in [-0.1, -0.05) is 41.6 Å². The zero-order chi connectivity index (χ0) is 22.8. The number of ether oxygens (including phenoxy) is 1. The number of morpholine rings is 1. The van der Waals surface area contributed by atoms with Gasteiger partial charge in [0.25, 0.3) is 11.8 Å².